The zero-order chi connectivity index (χ0) is 23.4. The molecule has 2 heterocycles. The summed E-state index contributed by atoms with van der Waals surface area (Å²) in [6.07, 6.45) is -1.62. The number of hydrogen-bond donors (Lipinski definition) is 4. The van der Waals surface area contributed by atoms with E-state index in [2.05, 4.69) is 9.97 Å². The predicted octanol–water partition coefficient (Wildman–Crippen LogP) is 4.37. The number of rotatable bonds is 4. The molecule has 1 aromatic carbocycles. The molecule has 0 spiro atoms. The number of aromatic amines is 1. The summed E-state index contributed by atoms with van der Waals surface area (Å²) in [6.45, 7) is 4.53. The second-order valence-corrected chi connectivity index (χ2v) is 7.51. The number of phenolic OH excluding ortho intramolecular Hbond substituents is 1. The number of imidazole rings is 1. The van der Waals surface area contributed by atoms with E-state index in [1.54, 1.807) is 24.5 Å². The first-order valence-electron chi connectivity index (χ1n) is 8.86. The summed E-state index contributed by atoms with van der Waals surface area (Å²) in [5, 5.41) is 17.4. The molecule has 0 aliphatic rings. The highest BCUT2D eigenvalue weighted by Crippen LogP contribution is 2.36. The molecule has 5 N–H and O–H groups in total. The zero-order valence-electron chi connectivity index (χ0n) is 16.5. The molecular formula is C20H20ClF3N4O3. The van der Waals surface area contributed by atoms with Crippen molar-refractivity contribution in [2.75, 3.05) is 6.54 Å². The third kappa shape index (κ3) is 5.96. The number of carboxylic acid groups (broad SMARTS) is 1. The van der Waals surface area contributed by atoms with Gasteiger partial charge in [0.2, 0.25) is 0 Å². The van der Waals surface area contributed by atoms with Crippen molar-refractivity contribution in [3.05, 3.63) is 53.6 Å². The van der Waals surface area contributed by atoms with Gasteiger partial charge < -0.3 is 20.9 Å². The molecule has 0 amide bonds. The van der Waals surface area contributed by atoms with Crippen molar-refractivity contribution in [2.45, 2.75) is 25.4 Å². The van der Waals surface area contributed by atoms with Crippen LogP contribution < -0.4 is 5.73 Å². The Bertz CT molecular complexity index is 1050. The minimum Gasteiger partial charge on any atom is -0.506 e. The van der Waals surface area contributed by atoms with Gasteiger partial charge in [0.25, 0.3) is 0 Å². The maximum atomic E-state index is 10.6. The Morgan fingerprint density at radius 3 is 2.23 bits per heavy atom. The Morgan fingerprint density at radius 2 is 1.74 bits per heavy atom. The van der Waals surface area contributed by atoms with E-state index in [9.17, 15) is 18.3 Å². The molecule has 0 bridgehead atoms. The van der Waals surface area contributed by atoms with Gasteiger partial charge in [-0.05, 0) is 24.3 Å². The molecule has 0 radical (unpaired) electrons. The van der Waals surface area contributed by atoms with Gasteiger partial charge in [-0.15, -0.1) is 0 Å². The first-order chi connectivity index (χ1) is 14.4. The van der Waals surface area contributed by atoms with Gasteiger partial charge in [0.05, 0.1) is 16.4 Å². The van der Waals surface area contributed by atoms with Crippen molar-refractivity contribution in [1.29, 1.82) is 0 Å². The molecule has 0 atom stereocenters. The van der Waals surface area contributed by atoms with Crippen LogP contribution in [-0.4, -0.2) is 43.9 Å². The largest absolute Gasteiger partial charge is 0.506 e. The fraction of sp³-hybridized carbons (Fsp3) is 0.250. The number of phenols is 1. The highest BCUT2D eigenvalue weighted by Gasteiger charge is 2.38. The number of hydrogen-bond acceptors (Lipinski definition) is 5. The van der Waals surface area contributed by atoms with Crippen LogP contribution in [0.4, 0.5) is 13.2 Å². The van der Waals surface area contributed by atoms with Crippen LogP contribution >= 0.6 is 11.6 Å². The maximum absolute atomic E-state index is 10.6. The molecule has 3 aromatic rings. The first kappa shape index (κ1) is 24.2. The van der Waals surface area contributed by atoms with Crippen molar-refractivity contribution in [2.24, 2.45) is 5.73 Å². The van der Waals surface area contributed by atoms with Crippen LogP contribution in [0, 0.1) is 0 Å². The van der Waals surface area contributed by atoms with E-state index >= 15 is 0 Å². The number of nitrogens with two attached hydrogens (primary N) is 1. The molecule has 166 valence electrons. The van der Waals surface area contributed by atoms with Crippen molar-refractivity contribution in [3.63, 3.8) is 0 Å². The number of halogens is 4. The minimum absolute atomic E-state index is 0.0254. The first-order valence-corrected chi connectivity index (χ1v) is 9.24. The van der Waals surface area contributed by atoms with Crippen LogP contribution in [0.2, 0.25) is 5.02 Å². The summed E-state index contributed by atoms with van der Waals surface area (Å²) < 4.78 is 31.7. The lowest BCUT2D eigenvalue weighted by molar-refractivity contribution is -0.192. The number of aromatic nitrogens is 3. The summed E-state index contributed by atoms with van der Waals surface area (Å²) in [7, 11) is 0. The molecule has 3 rings (SSSR count). The van der Waals surface area contributed by atoms with E-state index in [1.165, 1.54) is 0 Å². The van der Waals surface area contributed by atoms with Crippen LogP contribution in [0.3, 0.4) is 0 Å². The number of aromatic hydroxyl groups is 1. The summed E-state index contributed by atoms with van der Waals surface area (Å²) in [4.78, 5) is 21.1. The fourth-order valence-electron chi connectivity index (χ4n) is 2.39. The Hall–Kier alpha value is -3.11. The molecule has 31 heavy (non-hydrogen) atoms. The van der Waals surface area contributed by atoms with Gasteiger partial charge in [-0.25, -0.2) is 9.78 Å². The number of nitrogens with one attached hydrogen (secondary N) is 1. The second kappa shape index (κ2) is 9.36. The van der Waals surface area contributed by atoms with Gasteiger partial charge in [0, 0.05) is 35.5 Å². The van der Waals surface area contributed by atoms with Gasteiger partial charge in [-0.3, -0.25) is 4.98 Å². The lowest BCUT2D eigenvalue weighted by Gasteiger charge is -2.18. The Morgan fingerprint density at radius 1 is 1.16 bits per heavy atom. The molecule has 0 saturated carbocycles. The van der Waals surface area contributed by atoms with E-state index in [1.807, 2.05) is 32.0 Å². The van der Waals surface area contributed by atoms with Crippen LogP contribution in [-0.2, 0) is 10.2 Å². The summed E-state index contributed by atoms with van der Waals surface area (Å²) in [6, 6.07) is 8.92. The van der Waals surface area contributed by atoms with E-state index in [4.69, 9.17) is 32.2 Å². The van der Waals surface area contributed by atoms with Crippen molar-refractivity contribution in [1.82, 2.24) is 15.0 Å². The third-order valence-corrected chi connectivity index (χ3v) is 4.61. The number of pyridine rings is 1. The predicted molar refractivity (Wildman–Crippen MR) is 110 cm³/mol. The molecule has 7 nitrogen and oxygen atoms in total. The summed E-state index contributed by atoms with van der Waals surface area (Å²) in [5.74, 6) is -1.94. The number of benzene rings is 1. The van der Waals surface area contributed by atoms with E-state index in [-0.39, 0.29) is 11.2 Å². The van der Waals surface area contributed by atoms with Crippen molar-refractivity contribution >= 4 is 17.6 Å². The van der Waals surface area contributed by atoms with Gasteiger partial charge in [0.1, 0.15) is 11.6 Å². The van der Waals surface area contributed by atoms with Gasteiger partial charge in [-0.1, -0.05) is 31.5 Å². The topological polar surface area (TPSA) is 125 Å². The minimum atomic E-state index is -5.08. The number of nitrogens with zero attached hydrogens (tertiary/aromatic N) is 2. The quantitative estimate of drug-likeness (QED) is 0.462. The van der Waals surface area contributed by atoms with Crippen molar-refractivity contribution < 1.29 is 28.2 Å². The van der Waals surface area contributed by atoms with Crippen LogP contribution in [0.5, 0.6) is 5.75 Å². The van der Waals surface area contributed by atoms with Gasteiger partial charge >= 0.3 is 12.1 Å². The van der Waals surface area contributed by atoms with Crippen LogP contribution in [0.1, 0.15) is 19.7 Å². The Kier molecular flexibility index (Phi) is 7.29. The molecule has 0 saturated heterocycles. The van der Waals surface area contributed by atoms with E-state index in [0.29, 0.717) is 11.6 Å². The highest BCUT2D eigenvalue weighted by molar-refractivity contribution is 6.32. The zero-order valence-corrected chi connectivity index (χ0v) is 17.3. The highest BCUT2D eigenvalue weighted by atomic mass is 35.5. The molecule has 2 aromatic heterocycles. The Labute approximate surface area is 180 Å². The van der Waals surface area contributed by atoms with Crippen molar-refractivity contribution in [3.8, 4) is 28.3 Å². The second-order valence-electron chi connectivity index (χ2n) is 7.10. The maximum Gasteiger partial charge on any atom is 0.490 e. The molecule has 0 fully saturated rings. The lowest BCUT2D eigenvalue weighted by Crippen LogP contribution is -2.29. The normalized spacial score (nSPS) is 11.6. The number of aliphatic carboxylic acids is 1. The van der Waals surface area contributed by atoms with E-state index < -0.39 is 12.1 Å². The molecule has 0 unspecified atom stereocenters. The van der Waals surface area contributed by atoms with Crippen LogP contribution in [0.25, 0.3) is 22.5 Å². The smallest absolute Gasteiger partial charge is 0.490 e. The van der Waals surface area contributed by atoms with Gasteiger partial charge in [0.15, 0.2) is 0 Å². The average Bonchev–Trinajstić information content (AvgIpc) is 3.17. The number of carboxylic acids is 1. The third-order valence-electron chi connectivity index (χ3n) is 4.29. The monoisotopic (exact) mass is 456 g/mol. The SMILES string of the molecule is CC(C)(CN)c1nc(-c2ccc(Cl)c(O)c2)c(-c2ccncc2)[nH]1.O=C(O)C(F)(F)F. The standard InChI is InChI=1S/C18H19ClN4O.C2HF3O2/c1-18(2,10-20)17-22-15(11-5-7-21-8-6-11)16(23-17)12-3-4-13(19)14(24)9-12;3-2(4,5)1(6)7/h3-9,24H,10,20H2,1-2H3,(H,22,23);(H,6,7). The van der Waals surface area contributed by atoms with Gasteiger partial charge in [-0.2, -0.15) is 13.2 Å². The number of carbonyl (C=O) groups is 1. The fourth-order valence-corrected chi connectivity index (χ4v) is 2.50. The molecule has 0 aliphatic heterocycles. The summed E-state index contributed by atoms with van der Waals surface area (Å²) in [5.41, 5.74) is 8.93. The number of alkyl halides is 3. The molecule has 0 aliphatic carbocycles. The Balaban J connectivity index is 0.000000423. The molecular weight excluding hydrogens is 437 g/mol. The van der Waals surface area contributed by atoms with Crippen LogP contribution in [0.15, 0.2) is 42.7 Å². The lowest BCUT2D eigenvalue weighted by atomic mass is 9.93. The average molecular weight is 457 g/mol. The summed E-state index contributed by atoms with van der Waals surface area (Å²) >= 11 is 5.92. The van der Waals surface area contributed by atoms with E-state index in [0.717, 1.165) is 28.3 Å². The number of H-pyrrole nitrogens is 1. The molecule has 11 heteroatoms.